The van der Waals surface area contributed by atoms with E-state index >= 15 is 0 Å². The van der Waals surface area contributed by atoms with Crippen LogP contribution in [0, 0.1) is 5.92 Å². The van der Waals surface area contributed by atoms with E-state index in [1.807, 2.05) is 0 Å². The van der Waals surface area contributed by atoms with E-state index in [-0.39, 0.29) is 25.5 Å². The van der Waals surface area contributed by atoms with Gasteiger partial charge in [0.15, 0.2) is 5.78 Å². The molecule has 21 heavy (non-hydrogen) atoms. The zero-order valence-corrected chi connectivity index (χ0v) is 13.1. The van der Waals surface area contributed by atoms with Crippen LogP contribution < -0.4 is 5.32 Å². The van der Waals surface area contributed by atoms with Gasteiger partial charge in [-0.25, -0.2) is 9.59 Å². The first-order chi connectivity index (χ1) is 10.0. The first kappa shape index (κ1) is 17.6. The van der Waals surface area contributed by atoms with Gasteiger partial charge in [0.1, 0.15) is 0 Å². The second kappa shape index (κ2) is 8.12. The minimum absolute atomic E-state index is 0.00554. The lowest BCUT2D eigenvalue weighted by molar-refractivity contribution is -0.169. The molecule has 0 aromatic carbocycles. The summed E-state index contributed by atoms with van der Waals surface area (Å²) >= 11 is 0. The molecular formula is C15H25NO5. The number of unbranched alkanes of at least 4 members (excludes halogenated alkanes) is 2. The van der Waals surface area contributed by atoms with Gasteiger partial charge in [0.05, 0.1) is 25.7 Å². The maximum atomic E-state index is 12.3. The normalized spacial score (nSPS) is 20.3. The van der Waals surface area contributed by atoms with Crippen molar-refractivity contribution in [2.45, 2.75) is 52.0 Å². The van der Waals surface area contributed by atoms with Crippen molar-refractivity contribution in [3.05, 3.63) is 0 Å². The van der Waals surface area contributed by atoms with Crippen molar-refractivity contribution in [1.82, 2.24) is 5.32 Å². The molecule has 1 N–H and O–H groups in total. The van der Waals surface area contributed by atoms with Gasteiger partial charge < -0.3 is 9.47 Å². The molecule has 0 aromatic heterocycles. The van der Waals surface area contributed by atoms with Gasteiger partial charge in [-0.3, -0.25) is 10.1 Å². The number of carbonyl (C=O) groups excluding carboxylic acids is 3. The van der Waals surface area contributed by atoms with E-state index in [0.717, 1.165) is 19.3 Å². The lowest BCUT2D eigenvalue weighted by Crippen LogP contribution is -2.60. The van der Waals surface area contributed by atoms with Gasteiger partial charge in [-0.2, -0.15) is 0 Å². The van der Waals surface area contributed by atoms with E-state index in [1.165, 1.54) is 0 Å². The summed E-state index contributed by atoms with van der Waals surface area (Å²) in [5.41, 5.74) is -1.67. The molecule has 1 fully saturated rings. The van der Waals surface area contributed by atoms with Gasteiger partial charge >= 0.3 is 11.9 Å². The van der Waals surface area contributed by atoms with Crippen molar-refractivity contribution in [2.75, 3.05) is 19.8 Å². The Kier molecular flexibility index (Phi) is 6.81. The Labute approximate surface area is 125 Å². The number of hydrogen-bond donors (Lipinski definition) is 1. The molecule has 120 valence electrons. The fraction of sp³-hybridized carbons (Fsp3) is 0.800. The molecule has 1 aliphatic heterocycles. The number of ketones is 1. The van der Waals surface area contributed by atoms with Crippen LogP contribution in [0.1, 0.15) is 46.5 Å². The number of hydrogen-bond acceptors (Lipinski definition) is 6. The Morgan fingerprint density at radius 3 is 2.19 bits per heavy atom. The zero-order chi connectivity index (χ0) is 15.9. The summed E-state index contributed by atoms with van der Waals surface area (Å²) in [5, 5.41) is 2.77. The Hall–Kier alpha value is -1.43. The van der Waals surface area contributed by atoms with Crippen LogP contribution in [0.4, 0.5) is 0 Å². The third-order valence-corrected chi connectivity index (χ3v) is 3.74. The van der Waals surface area contributed by atoms with Crippen LogP contribution in [0.25, 0.3) is 0 Å². The second-order valence-corrected chi connectivity index (χ2v) is 5.12. The average molecular weight is 299 g/mol. The van der Waals surface area contributed by atoms with E-state index in [4.69, 9.17) is 9.47 Å². The molecule has 1 heterocycles. The first-order valence-electron chi connectivity index (χ1n) is 7.66. The van der Waals surface area contributed by atoms with E-state index in [2.05, 4.69) is 12.2 Å². The van der Waals surface area contributed by atoms with E-state index in [0.29, 0.717) is 6.42 Å². The number of Topliss-reactive ketones (excluding diaryl/α,β-unsaturated/α-hetero) is 1. The lowest BCUT2D eigenvalue weighted by Gasteiger charge is -2.29. The van der Waals surface area contributed by atoms with Crippen molar-refractivity contribution in [2.24, 2.45) is 5.92 Å². The third-order valence-electron chi connectivity index (χ3n) is 3.74. The highest BCUT2D eigenvalue weighted by molar-refractivity contribution is 6.12. The molecule has 6 nitrogen and oxygen atoms in total. The van der Waals surface area contributed by atoms with Crippen LogP contribution in [-0.2, 0) is 23.9 Å². The Morgan fingerprint density at radius 2 is 1.71 bits per heavy atom. The topological polar surface area (TPSA) is 81.7 Å². The number of carbonyl (C=O) groups is 3. The van der Waals surface area contributed by atoms with Gasteiger partial charge in [-0.05, 0) is 20.3 Å². The summed E-state index contributed by atoms with van der Waals surface area (Å²) < 4.78 is 10.1. The zero-order valence-electron chi connectivity index (χ0n) is 13.1. The predicted molar refractivity (Wildman–Crippen MR) is 76.6 cm³/mol. The highest BCUT2D eigenvalue weighted by Gasteiger charge is 2.60. The Morgan fingerprint density at radius 1 is 1.14 bits per heavy atom. The molecular weight excluding hydrogens is 274 g/mol. The highest BCUT2D eigenvalue weighted by Crippen LogP contribution is 2.32. The van der Waals surface area contributed by atoms with E-state index in [9.17, 15) is 14.4 Å². The van der Waals surface area contributed by atoms with Crippen LogP contribution >= 0.6 is 0 Å². The first-order valence-corrected chi connectivity index (χ1v) is 7.66. The molecule has 1 aliphatic rings. The fourth-order valence-corrected chi connectivity index (χ4v) is 2.69. The number of nitrogens with one attached hydrogen (secondary N) is 1. The smallest absolute Gasteiger partial charge is 0.338 e. The molecule has 0 saturated carbocycles. The van der Waals surface area contributed by atoms with Crippen LogP contribution in [0.5, 0.6) is 0 Å². The average Bonchev–Trinajstić information content (AvgIpc) is 2.78. The molecule has 6 heteroatoms. The molecule has 1 saturated heterocycles. The van der Waals surface area contributed by atoms with Crippen LogP contribution in [0.2, 0.25) is 0 Å². The van der Waals surface area contributed by atoms with Gasteiger partial charge in [0.2, 0.25) is 5.54 Å². The Bertz CT molecular complexity index is 376. The van der Waals surface area contributed by atoms with E-state index < -0.39 is 23.4 Å². The van der Waals surface area contributed by atoms with Gasteiger partial charge in [0.25, 0.3) is 0 Å². The molecule has 0 bridgehead atoms. The summed E-state index contributed by atoms with van der Waals surface area (Å²) in [4.78, 5) is 36.8. The summed E-state index contributed by atoms with van der Waals surface area (Å²) in [6.07, 6.45) is 3.22. The second-order valence-electron chi connectivity index (χ2n) is 5.12. The molecule has 1 atom stereocenters. The van der Waals surface area contributed by atoms with Crippen LogP contribution in [0.15, 0.2) is 0 Å². The van der Waals surface area contributed by atoms with Crippen molar-refractivity contribution in [1.29, 1.82) is 0 Å². The standard InChI is InChI=1S/C15H25NO5/c1-4-7-8-9-11-12(17)10-16-15(11,13(18)20-5-2)14(19)21-6-3/h11,16H,4-10H2,1-3H3. The SMILES string of the molecule is CCCCCC1C(=O)CNC1(C(=O)OCC)C(=O)OCC. The summed E-state index contributed by atoms with van der Waals surface area (Å²) in [6, 6.07) is 0. The van der Waals surface area contributed by atoms with Crippen molar-refractivity contribution < 1.29 is 23.9 Å². The third kappa shape index (κ3) is 3.61. The quantitative estimate of drug-likeness (QED) is 0.412. The number of ether oxygens (including phenoxy) is 2. The molecule has 0 amide bonds. The van der Waals surface area contributed by atoms with E-state index in [1.54, 1.807) is 13.8 Å². The van der Waals surface area contributed by atoms with Gasteiger partial charge in [0, 0.05) is 0 Å². The number of esters is 2. The molecule has 1 rings (SSSR count). The monoisotopic (exact) mass is 299 g/mol. The highest BCUT2D eigenvalue weighted by atomic mass is 16.6. The Balaban J connectivity index is 3.04. The molecule has 0 aromatic rings. The molecule has 0 aliphatic carbocycles. The minimum atomic E-state index is -1.67. The van der Waals surface area contributed by atoms with Gasteiger partial charge in [-0.1, -0.05) is 26.2 Å². The lowest BCUT2D eigenvalue weighted by atomic mass is 9.81. The minimum Gasteiger partial charge on any atom is -0.464 e. The molecule has 1 unspecified atom stereocenters. The summed E-state index contributed by atoms with van der Waals surface area (Å²) in [6.45, 7) is 5.68. The fourth-order valence-electron chi connectivity index (χ4n) is 2.69. The summed E-state index contributed by atoms with van der Waals surface area (Å²) in [7, 11) is 0. The molecule has 0 spiro atoms. The summed E-state index contributed by atoms with van der Waals surface area (Å²) in [5.74, 6) is -2.26. The predicted octanol–water partition coefficient (Wildman–Crippen LogP) is 1.22. The maximum Gasteiger partial charge on any atom is 0.338 e. The largest absolute Gasteiger partial charge is 0.464 e. The molecule has 0 radical (unpaired) electrons. The maximum absolute atomic E-state index is 12.3. The van der Waals surface area contributed by atoms with Crippen molar-refractivity contribution in [3.63, 3.8) is 0 Å². The van der Waals surface area contributed by atoms with Crippen LogP contribution in [-0.4, -0.2) is 43.0 Å². The van der Waals surface area contributed by atoms with Gasteiger partial charge in [-0.15, -0.1) is 0 Å². The van der Waals surface area contributed by atoms with Crippen molar-refractivity contribution >= 4 is 17.7 Å². The number of rotatable bonds is 8. The van der Waals surface area contributed by atoms with Crippen molar-refractivity contribution in [3.8, 4) is 0 Å². The van der Waals surface area contributed by atoms with Crippen LogP contribution in [0.3, 0.4) is 0 Å².